The minimum Gasteiger partial charge on any atom is -0.463 e. The molecule has 0 aliphatic rings. The monoisotopic (exact) mass is 361 g/mol. The largest absolute Gasteiger partial charge is 0.463 e. The van der Waals surface area contributed by atoms with Crippen molar-refractivity contribution in [2.75, 3.05) is 5.73 Å². The number of aromatic nitrogens is 2. The fourth-order valence-corrected chi connectivity index (χ4v) is 2.21. The van der Waals surface area contributed by atoms with E-state index in [1.54, 1.807) is 6.07 Å². The zero-order valence-corrected chi connectivity index (χ0v) is 12.2. The number of benzene rings is 1. The molecule has 2 heterocycles. The molecule has 0 spiro atoms. The van der Waals surface area contributed by atoms with Gasteiger partial charge in [0, 0.05) is 6.07 Å². The number of nitrogen functional groups attached to an aromatic ring is 1. The van der Waals surface area contributed by atoms with E-state index in [9.17, 15) is 26.3 Å². The second-order valence-corrected chi connectivity index (χ2v) is 5.11. The standard InChI is InChI=1S/C15H9F6N3O/c16-14(17,18)8-4-9(15(19,20)21)6-10(5-8)24-13(22)7-11(23-24)12-2-1-3-25-12/h1-7H,22H2. The van der Waals surface area contributed by atoms with Gasteiger partial charge in [-0.1, -0.05) is 0 Å². The Labute approximate surface area is 136 Å². The highest BCUT2D eigenvalue weighted by molar-refractivity contribution is 5.59. The maximum atomic E-state index is 12.9. The normalized spacial score (nSPS) is 12.6. The number of nitrogens with two attached hydrogens (primary N) is 1. The lowest BCUT2D eigenvalue weighted by Gasteiger charge is -2.14. The van der Waals surface area contributed by atoms with Gasteiger partial charge < -0.3 is 10.2 Å². The lowest BCUT2D eigenvalue weighted by molar-refractivity contribution is -0.143. The van der Waals surface area contributed by atoms with Crippen LogP contribution in [0.1, 0.15) is 11.1 Å². The summed E-state index contributed by atoms with van der Waals surface area (Å²) < 4.78 is 83.5. The van der Waals surface area contributed by atoms with Crippen LogP contribution in [0.3, 0.4) is 0 Å². The van der Waals surface area contributed by atoms with Gasteiger partial charge in [0.15, 0.2) is 5.76 Å². The van der Waals surface area contributed by atoms with Crippen LogP contribution in [0.25, 0.3) is 17.1 Å². The van der Waals surface area contributed by atoms with Crippen LogP contribution in [0.15, 0.2) is 47.1 Å². The van der Waals surface area contributed by atoms with Gasteiger partial charge in [0.1, 0.15) is 11.5 Å². The Kier molecular flexibility index (Phi) is 3.77. The molecule has 3 aromatic rings. The first kappa shape index (κ1) is 16.9. The Balaban J connectivity index is 2.17. The maximum absolute atomic E-state index is 12.9. The van der Waals surface area contributed by atoms with E-state index in [1.807, 2.05) is 0 Å². The van der Waals surface area contributed by atoms with Crippen molar-refractivity contribution in [1.29, 1.82) is 0 Å². The Morgan fingerprint density at radius 2 is 1.52 bits per heavy atom. The highest BCUT2D eigenvalue weighted by Crippen LogP contribution is 2.37. The molecule has 3 rings (SSSR count). The van der Waals surface area contributed by atoms with Gasteiger partial charge in [0.05, 0.1) is 23.1 Å². The van der Waals surface area contributed by atoms with E-state index in [-0.39, 0.29) is 23.3 Å². The predicted octanol–water partition coefficient (Wildman–Crippen LogP) is 4.75. The van der Waals surface area contributed by atoms with Crippen molar-refractivity contribution in [3.05, 3.63) is 53.8 Å². The SMILES string of the molecule is Nc1cc(-c2ccco2)nn1-c1cc(C(F)(F)F)cc(C(F)(F)F)c1. The van der Waals surface area contributed by atoms with Crippen LogP contribution >= 0.6 is 0 Å². The van der Waals surface area contributed by atoms with Crippen LogP contribution in [0, 0.1) is 0 Å². The summed E-state index contributed by atoms with van der Waals surface area (Å²) in [7, 11) is 0. The van der Waals surface area contributed by atoms with E-state index in [2.05, 4.69) is 5.10 Å². The van der Waals surface area contributed by atoms with Crippen LogP contribution < -0.4 is 5.73 Å². The zero-order valence-electron chi connectivity index (χ0n) is 12.2. The molecule has 0 aliphatic carbocycles. The van der Waals surface area contributed by atoms with Gasteiger partial charge in [-0.15, -0.1) is 0 Å². The summed E-state index contributed by atoms with van der Waals surface area (Å²) in [5, 5.41) is 3.93. The van der Waals surface area contributed by atoms with Crippen LogP contribution in [0.4, 0.5) is 32.2 Å². The summed E-state index contributed by atoms with van der Waals surface area (Å²) in [5.41, 5.74) is 2.50. The molecule has 0 bridgehead atoms. The van der Waals surface area contributed by atoms with E-state index >= 15 is 0 Å². The highest BCUT2D eigenvalue weighted by Gasteiger charge is 2.37. The molecule has 1 aromatic carbocycles. The summed E-state index contributed by atoms with van der Waals surface area (Å²) in [5.74, 6) is 0.132. The van der Waals surface area contributed by atoms with Crippen molar-refractivity contribution < 1.29 is 30.8 Å². The van der Waals surface area contributed by atoms with E-state index < -0.39 is 29.2 Å². The molecule has 0 saturated carbocycles. The van der Waals surface area contributed by atoms with E-state index in [0.29, 0.717) is 12.1 Å². The minimum atomic E-state index is -4.96. The van der Waals surface area contributed by atoms with E-state index in [0.717, 1.165) is 4.68 Å². The Morgan fingerprint density at radius 1 is 0.920 bits per heavy atom. The lowest BCUT2D eigenvalue weighted by atomic mass is 10.1. The first-order valence-electron chi connectivity index (χ1n) is 6.75. The van der Waals surface area contributed by atoms with Crippen LogP contribution in [0.5, 0.6) is 0 Å². The first-order valence-corrected chi connectivity index (χ1v) is 6.75. The molecule has 132 valence electrons. The Morgan fingerprint density at radius 3 is 2.00 bits per heavy atom. The molecule has 10 heteroatoms. The summed E-state index contributed by atoms with van der Waals surface area (Å²) >= 11 is 0. The second kappa shape index (κ2) is 5.57. The molecule has 2 N–H and O–H groups in total. The average Bonchev–Trinajstić information content (AvgIpc) is 3.14. The number of furan rings is 1. The maximum Gasteiger partial charge on any atom is 0.416 e. The minimum absolute atomic E-state index is 0.0383. The second-order valence-electron chi connectivity index (χ2n) is 5.11. The third-order valence-corrected chi connectivity index (χ3v) is 3.33. The van der Waals surface area contributed by atoms with Crippen molar-refractivity contribution in [3.63, 3.8) is 0 Å². The number of hydrogen-bond acceptors (Lipinski definition) is 3. The van der Waals surface area contributed by atoms with Gasteiger partial charge in [-0.05, 0) is 30.3 Å². The van der Waals surface area contributed by atoms with Crippen molar-refractivity contribution >= 4 is 5.82 Å². The van der Waals surface area contributed by atoms with Gasteiger partial charge in [-0.2, -0.15) is 31.4 Å². The number of nitrogens with zero attached hydrogens (tertiary/aromatic N) is 2. The molecular weight excluding hydrogens is 352 g/mol. The topological polar surface area (TPSA) is 57.0 Å². The van der Waals surface area contributed by atoms with E-state index in [4.69, 9.17) is 10.2 Å². The molecule has 25 heavy (non-hydrogen) atoms. The molecule has 0 radical (unpaired) electrons. The Hall–Kier alpha value is -2.91. The van der Waals surface area contributed by atoms with Crippen molar-refractivity contribution in [3.8, 4) is 17.1 Å². The molecular formula is C15H9F6N3O. The molecule has 0 fully saturated rings. The number of anilines is 1. The fraction of sp³-hybridized carbons (Fsp3) is 0.133. The van der Waals surface area contributed by atoms with E-state index in [1.165, 1.54) is 18.4 Å². The van der Waals surface area contributed by atoms with Crippen LogP contribution in [-0.4, -0.2) is 9.78 Å². The molecule has 0 aliphatic heterocycles. The molecule has 0 atom stereocenters. The van der Waals surface area contributed by atoms with Crippen molar-refractivity contribution in [2.24, 2.45) is 0 Å². The van der Waals surface area contributed by atoms with Gasteiger partial charge in [-0.25, -0.2) is 4.68 Å². The predicted molar refractivity (Wildman–Crippen MR) is 75.7 cm³/mol. The summed E-state index contributed by atoms with van der Waals surface area (Å²) in [6.45, 7) is 0. The third-order valence-electron chi connectivity index (χ3n) is 3.33. The quantitative estimate of drug-likeness (QED) is 0.670. The lowest BCUT2D eigenvalue weighted by Crippen LogP contribution is -2.13. The van der Waals surface area contributed by atoms with Gasteiger partial charge in [0.2, 0.25) is 0 Å². The summed E-state index contributed by atoms with van der Waals surface area (Å²) in [6.07, 6.45) is -8.57. The first-order chi connectivity index (χ1) is 11.6. The number of halogens is 6. The van der Waals surface area contributed by atoms with Crippen LogP contribution in [-0.2, 0) is 12.4 Å². The van der Waals surface area contributed by atoms with Crippen molar-refractivity contribution in [2.45, 2.75) is 12.4 Å². The van der Waals surface area contributed by atoms with Gasteiger partial charge >= 0.3 is 12.4 Å². The van der Waals surface area contributed by atoms with Gasteiger partial charge in [-0.3, -0.25) is 0 Å². The van der Waals surface area contributed by atoms with Gasteiger partial charge in [0.25, 0.3) is 0 Å². The third kappa shape index (κ3) is 3.32. The van der Waals surface area contributed by atoms with Crippen LogP contribution in [0.2, 0.25) is 0 Å². The number of alkyl halides is 6. The molecule has 0 saturated heterocycles. The number of hydrogen-bond donors (Lipinski definition) is 1. The summed E-state index contributed by atoms with van der Waals surface area (Å²) in [6, 6.07) is 5.49. The smallest absolute Gasteiger partial charge is 0.416 e. The molecule has 2 aromatic heterocycles. The average molecular weight is 361 g/mol. The number of rotatable bonds is 2. The zero-order chi connectivity index (χ0) is 18.4. The molecule has 4 nitrogen and oxygen atoms in total. The summed E-state index contributed by atoms with van der Waals surface area (Å²) in [4.78, 5) is 0. The highest BCUT2D eigenvalue weighted by atomic mass is 19.4. The van der Waals surface area contributed by atoms with Crippen molar-refractivity contribution in [1.82, 2.24) is 9.78 Å². The molecule has 0 unspecified atom stereocenters. The fourth-order valence-electron chi connectivity index (χ4n) is 2.21. The Bertz CT molecular complexity index is 861. The molecule has 0 amide bonds.